The number of carbonyl (C=O) groups excluding carboxylic acids is 2. The molecule has 0 radical (unpaired) electrons. The van der Waals surface area contributed by atoms with E-state index in [9.17, 15) is 22.8 Å². The third-order valence-electron chi connectivity index (χ3n) is 5.60. The molecule has 1 atom stereocenters. The second-order valence-electron chi connectivity index (χ2n) is 7.44. The van der Waals surface area contributed by atoms with E-state index in [2.05, 4.69) is 5.32 Å². The molecule has 1 aliphatic carbocycles. The van der Waals surface area contributed by atoms with Crippen LogP contribution in [0.3, 0.4) is 0 Å². The molecule has 0 saturated carbocycles. The Labute approximate surface area is 160 Å². The van der Waals surface area contributed by atoms with Crippen LogP contribution in [0.15, 0.2) is 42.5 Å². The van der Waals surface area contributed by atoms with Crippen LogP contribution in [0.5, 0.6) is 0 Å². The zero-order valence-electron chi connectivity index (χ0n) is 15.3. The molecule has 7 heteroatoms. The molecule has 1 fully saturated rings. The minimum Gasteiger partial charge on any atom is -0.319 e. The fourth-order valence-corrected chi connectivity index (χ4v) is 4.02. The van der Waals surface area contributed by atoms with Crippen LogP contribution in [0.1, 0.15) is 41.2 Å². The van der Waals surface area contributed by atoms with Crippen molar-refractivity contribution in [2.75, 3.05) is 0 Å². The molecule has 0 aromatic heterocycles. The number of carbonyl (C=O) groups is 2. The number of aryl methyl sites for hydroxylation is 2. The van der Waals surface area contributed by atoms with Crippen molar-refractivity contribution in [1.29, 1.82) is 0 Å². The Balaban J connectivity index is 1.65. The van der Waals surface area contributed by atoms with E-state index in [1.165, 1.54) is 23.8 Å². The summed E-state index contributed by atoms with van der Waals surface area (Å²) in [6.07, 6.45) is -1.59. The van der Waals surface area contributed by atoms with Crippen LogP contribution in [0.25, 0.3) is 0 Å². The van der Waals surface area contributed by atoms with Gasteiger partial charge in [-0.2, -0.15) is 13.2 Å². The van der Waals surface area contributed by atoms with Crippen molar-refractivity contribution in [3.63, 3.8) is 0 Å². The van der Waals surface area contributed by atoms with Crippen molar-refractivity contribution in [3.05, 3.63) is 70.3 Å². The number of nitrogens with one attached hydrogen (secondary N) is 1. The third kappa shape index (κ3) is 2.95. The number of hydrogen-bond acceptors (Lipinski definition) is 2. The van der Waals surface area contributed by atoms with Crippen LogP contribution < -0.4 is 5.32 Å². The molecule has 4 rings (SSSR count). The fraction of sp³-hybridized carbons (Fsp3) is 0.333. The van der Waals surface area contributed by atoms with E-state index in [4.69, 9.17) is 0 Å². The standard InChI is InChI=1S/C21H19F3N2O2/c1-20(16-10-9-13-6-4-7-14(13)11-16)18(27)26(19(28)25-20)12-15-5-2-3-8-17(15)21(22,23)24/h2-3,5,8-11H,4,6-7,12H2,1H3,(H,25,28). The Morgan fingerprint density at radius 1 is 1.07 bits per heavy atom. The van der Waals surface area contributed by atoms with Gasteiger partial charge in [-0.05, 0) is 54.5 Å². The summed E-state index contributed by atoms with van der Waals surface area (Å²) in [7, 11) is 0. The molecular weight excluding hydrogens is 369 g/mol. The van der Waals surface area contributed by atoms with Gasteiger partial charge in [0.1, 0.15) is 5.54 Å². The molecule has 1 N–H and O–H groups in total. The maximum absolute atomic E-state index is 13.3. The zero-order valence-corrected chi connectivity index (χ0v) is 15.3. The summed E-state index contributed by atoms with van der Waals surface area (Å²) in [5, 5.41) is 2.67. The van der Waals surface area contributed by atoms with Crippen LogP contribution >= 0.6 is 0 Å². The summed E-state index contributed by atoms with van der Waals surface area (Å²) in [6, 6.07) is 10.00. The maximum Gasteiger partial charge on any atom is 0.416 e. The van der Waals surface area contributed by atoms with Gasteiger partial charge >= 0.3 is 12.2 Å². The first kappa shape index (κ1) is 18.5. The van der Waals surface area contributed by atoms with Crippen molar-refractivity contribution in [3.8, 4) is 0 Å². The van der Waals surface area contributed by atoms with Crippen LogP contribution in [0, 0.1) is 0 Å². The Kier molecular flexibility index (Phi) is 4.21. The van der Waals surface area contributed by atoms with E-state index in [1.54, 1.807) is 6.92 Å². The van der Waals surface area contributed by atoms with Gasteiger partial charge in [0, 0.05) is 0 Å². The van der Waals surface area contributed by atoms with Crippen molar-refractivity contribution in [2.45, 2.75) is 44.4 Å². The highest BCUT2D eigenvalue weighted by Crippen LogP contribution is 2.36. The van der Waals surface area contributed by atoms with Crippen molar-refractivity contribution >= 4 is 11.9 Å². The van der Waals surface area contributed by atoms with E-state index >= 15 is 0 Å². The topological polar surface area (TPSA) is 49.4 Å². The van der Waals surface area contributed by atoms with E-state index in [1.807, 2.05) is 18.2 Å². The average molecular weight is 388 g/mol. The molecule has 3 amide bonds. The SMILES string of the molecule is CC1(c2ccc3c(c2)CCC3)NC(=O)N(Cc2ccccc2C(F)(F)F)C1=O. The van der Waals surface area contributed by atoms with Gasteiger partial charge < -0.3 is 5.32 Å². The lowest BCUT2D eigenvalue weighted by Gasteiger charge is -2.23. The highest BCUT2D eigenvalue weighted by molar-refractivity contribution is 6.07. The van der Waals surface area contributed by atoms with Crippen molar-refractivity contribution in [1.82, 2.24) is 10.2 Å². The largest absolute Gasteiger partial charge is 0.416 e. The van der Waals surface area contributed by atoms with Gasteiger partial charge in [-0.3, -0.25) is 9.69 Å². The number of alkyl halides is 3. The first-order valence-electron chi connectivity index (χ1n) is 9.11. The Bertz CT molecular complexity index is 970. The lowest BCUT2D eigenvalue weighted by molar-refractivity contribution is -0.139. The predicted octanol–water partition coefficient (Wildman–Crippen LogP) is 4.16. The minimum absolute atomic E-state index is 0.114. The lowest BCUT2D eigenvalue weighted by Crippen LogP contribution is -2.41. The molecule has 2 aliphatic rings. The van der Waals surface area contributed by atoms with Crippen LogP contribution in [0.2, 0.25) is 0 Å². The summed E-state index contributed by atoms with van der Waals surface area (Å²) < 4.78 is 39.8. The number of nitrogens with zero attached hydrogens (tertiary/aromatic N) is 1. The third-order valence-corrected chi connectivity index (χ3v) is 5.60. The summed E-state index contributed by atoms with van der Waals surface area (Å²) in [5.41, 5.74) is 0.792. The number of amides is 3. The number of urea groups is 1. The quantitative estimate of drug-likeness (QED) is 0.803. The first-order chi connectivity index (χ1) is 13.2. The summed E-state index contributed by atoms with van der Waals surface area (Å²) in [6.45, 7) is 1.17. The van der Waals surface area contributed by atoms with E-state index in [-0.39, 0.29) is 5.56 Å². The van der Waals surface area contributed by atoms with E-state index < -0.39 is 35.8 Å². The second kappa shape index (κ2) is 6.36. The molecule has 2 aromatic rings. The van der Waals surface area contributed by atoms with Crippen LogP contribution in [0.4, 0.5) is 18.0 Å². The molecule has 4 nitrogen and oxygen atoms in total. The van der Waals surface area contributed by atoms with Gasteiger partial charge in [0.25, 0.3) is 5.91 Å². The monoisotopic (exact) mass is 388 g/mol. The lowest BCUT2D eigenvalue weighted by atomic mass is 9.89. The molecule has 1 saturated heterocycles. The number of imide groups is 1. The Morgan fingerprint density at radius 3 is 2.54 bits per heavy atom. The molecule has 1 heterocycles. The van der Waals surface area contributed by atoms with Gasteiger partial charge in [-0.25, -0.2) is 4.79 Å². The number of hydrogen-bond donors (Lipinski definition) is 1. The summed E-state index contributed by atoms with van der Waals surface area (Å²) in [5.74, 6) is -0.549. The maximum atomic E-state index is 13.3. The summed E-state index contributed by atoms with van der Waals surface area (Å²) >= 11 is 0. The molecule has 146 valence electrons. The molecule has 1 unspecified atom stereocenters. The second-order valence-corrected chi connectivity index (χ2v) is 7.44. The first-order valence-corrected chi connectivity index (χ1v) is 9.11. The predicted molar refractivity (Wildman–Crippen MR) is 96.3 cm³/mol. The number of benzene rings is 2. The number of fused-ring (bicyclic) bond motifs is 1. The molecule has 0 bridgehead atoms. The van der Waals surface area contributed by atoms with E-state index in [0.717, 1.165) is 35.8 Å². The molecule has 28 heavy (non-hydrogen) atoms. The fourth-order valence-electron chi connectivity index (χ4n) is 4.02. The number of halogens is 3. The molecular formula is C21H19F3N2O2. The molecule has 2 aromatic carbocycles. The minimum atomic E-state index is -4.56. The summed E-state index contributed by atoms with van der Waals surface area (Å²) in [4.78, 5) is 26.4. The van der Waals surface area contributed by atoms with Gasteiger partial charge in [-0.1, -0.05) is 36.4 Å². The highest BCUT2D eigenvalue weighted by Gasteiger charge is 2.49. The molecule has 0 spiro atoms. The average Bonchev–Trinajstić information content (AvgIpc) is 3.20. The van der Waals surface area contributed by atoms with E-state index in [0.29, 0.717) is 5.56 Å². The van der Waals surface area contributed by atoms with Gasteiger partial charge in [0.15, 0.2) is 0 Å². The van der Waals surface area contributed by atoms with Crippen molar-refractivity contribution in [2.24, 2.45) is 0 Å². The van der Waals surface area contributed by atoms with Crippen LogP contribution in [-0.2, 0) is 35.9 Å². The Morgan fingerprint density at radius 2 is 1.79 bits per heavy atom. The normalized spacial score (nSPS) is 21.8. The smallest absolute Gasteiger partial charge is 0.319 e. The van der Waals surface area contributed by atoms with Crippen molar-refractivity contribution < 1.29 is 22.8 Å². The van der Waals surface area contributed by atoms with Gasteiger partial charge in [0.05, 0.1) is 12.1 Å². The number of rotatable bonds is 3. The van der Waals surface area contributed by atoms with Gasteiger partial charge in [0.2, 0.25) is 0 Å². The highest BCUT2D eigenvalue weighted by atomic mass is 19.4. The molecule has 1 aliphatic heterocycles. The zero-order chi connectivity index (χ0) is 20.1. The van der Waals surface area contributed by atoms with Crippen LogP contribution in [-0.4, -0.2) is 16.8 Å². The Hall–Kier alpha value is -2.83. The van der Waals surface area contributed by atoms with Gasteiger partial charge in [-0.15, -0.1) is 0 Å².